The number of hydrogen-bond donors (Lipinski definition) is 1. The van der Waals surface area contributed by atoms with Crippen molar-refractivity contribution in [2.24, 2.45) is 0 Å². The second-order valence-corrected chi connectivity index (χ2v) is 7.54. The summed E-state index contributed by atoms with van der Waals surface area (Å²) in [5.74, 6) is 1.18. The van der Waals surface area contributed by atoms with Crippen molar-refractivity contribution in [3.8, 4) is 5.75 Å². The van der Waals surface area contributed by atoms with E-state index in [9.17, 15) is 4.79 Å². The van der Waals surface area contributed by atoms with Crippen molar-refractivity contribution in [3.63, 3.8) is 0 Å². The number of benzene rings is 3. The van der Waals surface area contributed by atoms with Crippen LogP contribution in [0, 0.1) is 0 Å². The van der Waals surface area contributed by atoms with Gasteiger partial charge in [0.15, 0.2) is 6.61 Å². The number of ether oxygens (including phenoxy) is 1. The fourth-order valence-corrected chi connectivity index (χ4v) is 3.47. The van der Waals surface area contributed by atoms with Crippen molar-refractivity contribution >= 4 is 40.1 Å². The minimum absolute atomic E-state index is 0.0585. The summed E-state index contributed by atoms with van der Waals surface area (Å²) in [6.07, 6.45) is 0. The first kappa shape index (κ1) is 20.3. The molecule has 0 atom stereocenters. The topological polar surface area (TPSA) is 56.1 Å². The van der Waals surface area contributed by atoms with Crippen LogP contribution in [0.5, 0.6) is 5.75 Å². The Morgan fingerprint density at radius 3 is 2.53 bits per heavy atom. The Hall–Kier alpha value is -3.02. The van der Waals surface area contributed by atoms with Gasteiger partial charge in [0.2, 0.25) is 0 Å². The molecule has 0 aliphatic carbocycles. The molecule has 1 heterocycles. The average molecular weight is 440 g/mol. The first-order valence-corrected chi connectivity index (χ1v) is 10.2. The second kappa shape index (κ2) is 9.20. The highest BCUT2D eigenvalue weighted by Gasteiger charge is 2.13. The lowest BCUT2D eigenvalue weighted by atomic mass is 10.2. The van der Waals surface area contributed by atoms with Crippen LogP contribution >= 0.6 is 23.2 Å². The van der Waals surface area contributed by atoms with E-state index in [0.717, 1.165) is 22.4 Å². The number of amides is 1. The Labute approximate surface area is 184 Å². The van der Waals surface area contributed by atoms with Crippen molar-refractivity contribution in [3.05, 3.63) is 94.2 Å². The number of halogens is 2. The van der Waals surface area contributed by atoms with Crippen LogP contribution in [0.3, 0.4) is 0 Å². The van der Waals surface area contributed by atoms with Crippen LogP contribution in [0.4, 0.5) is 0 Å². The third kappa shape index (κ3) is 4.75. The van der Waals surface area contributed by atoms with Crippen LogP contribution in [0.2, 0.25) is 10.0 Å². The summed E-state index contributed by atoms with van der Waals surface area (Å²) in [5, 5.41) is 3.90. The number of nitrogens with zero attached hydrogens (tertiary/aromatic N) is 2. The lowest BCUT2D eigenvalue weighted by Gasteiger charge is -2.11. The lowest BCUT2D eigenvalue weighted by Crippen LogP contribution is -2.29. The third-order valence-electron chi connectivity index (χ3n) is 4.62. The van der Waals surface area contributed by atoms with Gasteiger partial charge in [-0.05, 0) is 42.0 Å². The Morgan fingerprint density at radius 1 is 0.967 bits per heavy atom. The van der Waals surface area contributed by atoms with Gasteiger partial charge in [-0.3, -0.25) is 4.79 Å². The summed E-state index contributed by atoms with van der Waals surface area (Å²) in [6, 6.07) is 22.6. The molecule has 0 spiro atoms. The summed E-state index contributed by atoms with van der Waals surface area (Å²) >= 11 is 12.2. The smallest absolute Gasteiger partial charge is 0.258 e. The van der Waals surface area contributed by atoms with Gasteiger partial charge in [0, 0.05) is 6.54 Å². The first-order chi connectivity index (χ1) is 14.6. The van der Waals surface area contributed by atoms with Gasteiger partial charge < -0.3 is 14.6 Å². The zero-order valence-electron chi connectivity index (χ0n) is 16.0. The molecule has 30 heavy (non-hydrogen) atoms. The van der Waals surface area contributed by atoms with E-state index < -0.39 is 0 Å². The highest BCUT2D eigenvalue weighted by atomic mass is 35.5. The predicted molar refractivity (Wildman–Crippen MR) is 119 cm³/mol. The van der Waals surface area contributed by atoms with E-state index in [0.29, 0.717) is 22.3 Å². The SMILES string of the molecule is O=C(COc1ccccc1)NCc1nc2ccccc2n1Cc1ccc(Cl)c(Cl)c1. The number of carbonyl (C=O) groups excluding carboxylic acids is 1. The number of nitrogens with one attached hydrogen (secondary N) is 1. The molecule has 152 valence electrons. The van der Waals surface area contributed by atoms with Crippen molar-refractivity contribution < 1.29 is 9.53 Å². The zero-order valence-corrected chi connectivity index (χ0v) is 17.5. The minimum atomic E-state index is -0.216. The molecule has 0 bridgehead atoms. The lowest BCUT2D eigenvalue weighted by molar-refractivity contribution is -0.123. The summed E-state index contributed by atoms with van der Waals surface area (Å²) < 4.78 is 7.56. The largest absolute Gasteiger partial charge is 0.484 e. The third-order valence-corrected chi connectivity index (χ3v) is 5.35. The molecule has 0 unspecified atom stereocenters. The second-order valence-electron chi connectivity index (χ2n) is 6.73. The Morgan fingerprint density at radius 2 is 1.73 bits per heavy atom. The molecular formula is C23H19Cl2N3O2. The van der Waals surface area contributed by atoms with E-state index in [4.69, 9.17) is 27.9 Å². The maximum atomic E-state index is 12.3. The van der Waals surface area contributed by atoms with Gasteiger partial charge in [0.1, 0.15) is 11.6 Å². The molecule has 1 aromatic heterocycles. The van der Waals surface area contributed by atoms with Crippen molar-refractivity contribution in [1.82, 2.24) is 14.9 Å². The fourth-order valence-electron chi connectivity index (χ4n) is 3.15. The molecular weight excluding hydrogens is 421 g/mol. The van der Waals surface area contributed by atoms with Gasteiger partial charge in [-0.25, -0.2) is 4.98 Å². The zero-order chi connectivity index (χ0) is 20.9. The number of hydrogen-bond acceptors (Lipinski definition) is 3. The standard InChI is InChI=1S/C23H19Cl2N3O2/c24-18-11-10-16(12-19(18)25)14-28-21-9-5-4-8-20(21)27-22(28)13-26-23(29)15-30-17-6-2-1-3-7-17/h1-12H,13-15H2,(H,26,29). The van der Waals surface area contributed by atoms with Gasteiger partial charge in [0.05, 0.1) is 27.6 Å². The van der Waals surface area contributed by atoms with E-state index in [1.54, 1.807) is 6.07 Å². The van der Waals surface area contributed by atoms with Crippen LogP contribution in [0.25, 0.3) is 11.0 Å². The first-order valence-electron chi connectivity index (χ1n) is 9.43. The Balaban J connectivity index is 1.49. The molecule has 5 nitrogen and oxygen atoms in total. The molecule has 0 saturated carbocycles. The summed E-state index contributed by atoms with van der Waals surface area (Å²) in [5.41, 5.74) is 2.84. The Bertz CT molecular complexity index is 1180. The Kier molecular flexibility index (Phi) is 6.21. The molecule has 3 aromatic carbocycles. The number of imidazole rings is 1. The molecule has 0 fully saturated rings. The fraction of sp³-hybridized carbons (Fsp3) is 0.130. The minimum Gasteiger partial charge on any atom is -0.484 e. The van der Waals surface area contributed by atoms with Crippen molar-refractivity contribution in [2.75, 3.05) is 6.61 Å². The van der Waals surface area contributed by atoms with E-state index >= 15 is 0 Å². The number of rotatable bonds is 7. The molecule has 0 aliphatic heterocycles. The van der Waals surface area contributed by atoms with Crippen LogP contribution in [-0.4, -0.2) is 22.1 Å². The maximum absolute atomic E-state index is 12.3. The summed E-state index contributed by atoms with van der Waals surface area (Å²) in [6.45, 7) is 0.785. The quantitative estimate of drug-likeness (QED) is 0.436. The van der Waals surface area contributed by atoms with Crippen LogP contribution in [0.1, 0.15) is 11.4 Å². The molecule has 1 N–H and O–H groups in total. The predicted octanol–water partition coefficient (Wildman–Crippen LogP) is 5.09. The van der Waals surface area contributed by atoms with Crippen LogP contribution < -0.4 is 10.1 Å². The summed E-state index contributed by atoms with van der Waals surface area (Å²) in [7, 11) is 0. The monoisotopic (exact) mass is 439 g/mol. The highest BCUT2D eigenvalue weighted by Crippen LogP contribution is 2.24. The van der Waals surface area contributed by atoms with E-state index in [-0.39, 0.29) is 19.1 Å². The van der Waals surface area contributed by atoms with Gasteiger partial charge in [-0.1, -0.05) is 59.6 Å². The molecule has 0 aliphatic rings. The highest BCUT2D eigenvalue weighted by molar-refractivity contribution is 6.42. The normalized spacial score (nSPS) is 10.9. The molecule has 4 rings (SSSR count). The van der Waals surface area contributed by atoms with E-state index in [2.05, 4.69) is 14.9 Å². The average Bonchev–Trinajstić information content (AvgIpc) is 3.11. The van der Waals surface area contributed by atoms with Gasteiger partial charge in [0.25, 0.3) is 5.91 Å². The molecule has 7 heteroatoms. The number of carbonyl (C=O) groups is 1. The van der Waals surface area contributed by atoms with Gasteiger partial charge >= 0.3 is 0 Å². The molecule has 0 saturated heterocycles. The van der Waals surface area contributed by atoms with E-state index in [1.807, 2.05) is 66.7 Å². The summed E-state index contributed by atoms with van der Waals surface area (Å²) in [4.78, 5) is 16.9. The molecule has 0 radical (unpaired) electrons. The van der Waals surface area contributed by atoms with Gasteiger partial charge in [-0.15, -0.1) is 0 Å². The number of fused-ring (bicyclic) bond motifs is 1. The van der Waals surface area contributed by atoms with Gasteiger partial charge in [-0.2, -0.15) is 0 Å². The van der Waals surface area contributed by atoms with Crippen LogP contribution in [-0.2, 0) is 17.9 Å². The molecule has 4 aromatic rings. The maximum Gasteiger partial charge on any atom is 0.258 e. The van der Waals surface area contributed by atoms with Crippen molar-refractivity contribution in [2.45, 2.75) is 13.1 Å². The van der Waals surface area contributed by atoms with E-state index in [1.165, 1.54) is 0 Å². The number of para-hydroxylation sites is 3. The number of aromatic nitrogens is 2. The van der Waals surface area contributed by atoms with Crippen molar-refractivity contribution in [1.29, 1.82) is 0 Å². The molecule has 1 amide bonds. The van der Waals surface area contributed by atoms with Crippen LogP contribution in [0.15, 0.2) is 72.8 Å².